The Labute approximate surface area is 302 Å². The van der Waals surface area contributed by atoms with Crippen molar-refractivity contribution >= 4 is 11.9 Å². The number of benzene rings is 2. The minimum absolute atomic E-state index is 0.0276. The van der Waals surface area contributed by atoms with Crippen molar-refractivity contribution < 1.29 is 19.1 Å². The Balaban J connectivity index is 1.13. The normalized spacial score (nSPS) is 40.0. The van der Waals surface area contributed by atoms with Crippen molar-refractivity contribution in [2.24, 2.45) is 56.7 Å². The largest absolute Gasteiger partial charge is 0.461 e. The minimum Gasteiger partial charge on any atom is -0.461 e. The number of carbonyl (C=O) groups is 2. The van der Waals surface area contributed by atoms with E-state index in [4.69, 9.17) is 9.47 Å². The van der Waals surface area contributed by atoms with Gasteiger partial charge in [-0.05, 0) is 155 Å². The van der Waals surface area contributed by atoms with E-state index in [9.17, 15) is 9.59 Å². The second kappa shape index (κ2) is 12.4. The summed E-state index contributed by atoms with van der Waals surface area (Å²) in [6.07, 6.45) is 11.5. The molecule has 0 saturated heterocycles. The van der Waals surface area contributed by atoms with E-state index in [1.807, 2.05) is 62.4 Å². The zero-order valence-corrected chi connectivity index (χ0v) is 32.2. The molecule has 4 heteroatoms. The second-order valence-corrected chi connectivity index (χ2v) is 19.1. The first-order valence-corrected chi connectivity index (χ1v) is 19.7. The summed E-state index contributed by atoms with van der Waals surface area (Å²) in [4.78, 5) is 26.6. The van der Waals surface area contributed by atoms with Crippen LogP contribution in [0, 0.1) is 70.5 Å². The molecule has 0 aromatic heterocycles. The van der Waals surface area contributed by atoms with E-state index in [-0.39, 0.29) is 45.1 Å². The molecule has 0 amide bonds. The average Bonchev–Trinajstić information content (AvgIpc) is 3.46. The predicted octanol–water partition coefficient (Wildman–Crippen LogP) is 11.3. The fourth-order valence-electron chi connectivity index (χ4n) is 13.6. The summed E-state index contributed by atoms with van der Waals surface area (Å²) in [5.74, 6) is 2.37. The Hall–Kier alpha value is -2.88. The molecule has 0 aliphatic heterocycles. The quantitative estimate of drug-likeness (QED) is 0.225. The van der Waals surface area contributed by atoms with Gasteiger partial charge in [0.05, 0.1) is 17.7 Å². The lowest BCUT2D eigenvalue weighted by Gasteiger charge is -2.73. The zero-order valence-electron chi connectivity index (χ0n) is 32.2. The fourth-order valence-corrected chi connectivity index (χ4v) is 13.6. The highest BCUT2D eigenvalue weighted by Gasteiger charge is 2.71. The van der Waals surface area contributed by atoms with Crippen LogP contribution in [-0.2, 0) is 9.47 Å². The van der Waals surface area contributed by atoms with Crippen LogP contribution in [0.4, 0.5) is 0 Å². The van der Waals surface area contributed by atoms with E-state index in [0.717, 1.165) is 43.2 Å². The van der Waals surface area contributed by atoms with E-state index in [1.165, 1.54) is 37.7 Å². The van der Waals surface area contributed by atoms with Crippen LogP contribution >= 0.6 is 0 Å². The van der Waals surface area contributed by atoms with Crippen LogP contribution in [0.5, 0.6) is 0 Å². The Morgan fingerprint density at radius 2 is 1.32 bits per heavy atom. The van der Waals surface area contributed by atoms with Crippen molar-refractivity contribution in [2.75, 3.05) is 6.61 Å². The van der Waals surface area contributed by atoms with Gasteiger partial charge in [-0.15, -0.1) is 0 Å². The first-order valence-electron chi connectivity index (χ1n) is 19.7. The molecule has 2 aromatic carbocycles. The van der Waals surface area contributed by atoms with Gasteiger partial charge in [0.15, 0.2) is 0 Å². The Kier molecular flexibility index (Phi) is 8.79. The van der Waals surface area contributed by atoms with Gasteiger partial charge in [-0.1, -0.05) is 82.2 Å². The standard InChI is InChI=1S/C46H62O4/c1-29(2)34-20-25-46(28-49-40(47)32-14-10-30(3)11-15-32)27-26-44(8)35(39(34)46)18-19-37-43(7)23-22-38(42(5,6)36(43)21-24-45(37,44)9)50-41(48)33-16-12-31(4)13-17-33/h10-17,34-39H,1,18-28H2,2-9H3/t34-,35+,36-,37+,38-,39+,43-,44+,45+,46+/m0/s1. The van der Waals surface area contributed by atoms with Gasteiger partial charge in [0.25, 0.3) is 0 Å². The molecule has 270 valence electrons. The molecule has 5 aliphatic rings. The lowest BCUT2D eigenvalue weighted by molar-refractivity contribution is -0.249. The van der Waals surface area contributed by atoms with Gasteiger partial charge in [-0.3, -0.25) is 0 Å². The number of fused-ring (bicyclic) bond motifs is 7. The maximum absolute atomic E-state index is 13.3. The number of hydrogen-bond donors (Lipinski definition) is 0. The van der Waals surface area contributed by atoms with Gasteiger partial charge < -0.3 is 9.47 Å². The third kappa shape index (κ3) is 5.35. The molecule has 0 spiro atoms. The van der Waals surface area contributed by atoms with E-state index in [2.05, 4.69) is 48.1 Å². The molecule has 0 bridgehead atoms. The molecule has 5 aliphatic carbocycles. The molecular formula is C46H62O4. The molecule has 5 fully saturated rings. The van der Waals surface area contributed by atoms with E-state index >= 15 is 0 Å². The van der Waals surface area contributed by atoms with Gasteiger partial charge in [0.1, 0.15) is 6.10 Å². The summed E-state index contributed by atoms with van der Waals surface area (Å²) < 4.78 is 12.6. The van der Waals surface area contributed by atoms with E-state index < -0.39 is 0 Å². The maximum Gasteiger partial charge on any atom is 0.338 e. The highest BCUT2D eigenvalue weighted by molar-refractivity contribution is 5.90. The highest BCUT2D eigenvalue weighted by atomic mass is 16.5. The molecular weight excluding hydrogens is 617 g/mol. The third-order valence-electron chi connectivity index (χ3n) is 16.5. The number of esters is 2. The number of allylic oxidation sites excluding steroid dienone is 1. The maximum atomic E-state index is 13.3. The fraction of sp³-hybridized carbons (Fsp3) is 0.652. The molecule has 7 rings (SSSR count). The predicted molar refractivity (Wildman–Crippen MR) is 201 cm³/mol. The minimum atomic E-state index is -0.185. The summed E-state index contributed by atoms with van der Waals surface area (Å²) in [6.45, 7) is 24.2. The topological polar surface area (TPSA) is 52.6 Å². The molecule has 10 atom stereocenters. The van der Waals surface area contributed by atoms with Crippen molar-refractivity contribution in [3.05, 3.63) is 82.9 Å². The van der Waals surface area contributed by atoms with Crippen molar-refractivity contribution in [3.63, 3.8) is 0 Å². The van der Waals surface area contributed by atoms with Gasteiger partial charge in [-0.2, -0.15) is 0 Å². The van der Waals surface area contributed by atoms with Crippen LogP contribution in [0.2, 0.25) is 0 Å². The van der Waals surface area contributed by atoms with Gasteiger partial charge >= 0.3 is 11.9 Å². The smallest absolute Gasteiger partial charge is 0.338 e. The molecule has 0 heterocycles. The summed E-state index contributed by atoms with van der Waals surface area (Å²) >= 11 is 0. The third-order valence-corrected chi connectivity index (χ3v) is 16.5. The summed E-state index contributed by atoms with van der Waals surface area (Å²) in [6, 6.07) is 15.6. The van der Waals surface area contributed by atoms with E-state index in [0.29, 0.717) is 47.3 Å². The molecule has 50 heavy (non-hydrogen) atoms. The lowest BCUT2D eigenvalue weighted by atomic mass is 9.32. The average molecular weight is 679 g/mol. The summed E-state index contributed by atoms with van der Waals surface area (Å²) in [5, 5.41) is 0. The van der Waals surface area contributed by atoms with Gasteiger partial charge in [0, 0.05) is 10.8 Å². The second-order valence-electron chi connectivity index (χ2n) is 19.1. The molecule has 0 radical (unpaired) electrons. The summed E-state index contributed by atoms with van der Waals surface area (Å²) in [7, 11) is 0. The van der Waals surface area contributed by atoms with Crippen molar-refractivity contribution in [2.45, 2.75) is 126 Å². The molecule has 0 N–H and O–H groups in total. The highest BCUT2D eigenvalue weighted by Crippen LogP contribution is 2.77. The summed E-state index contributed by atoms with van der Waals surface area (Å²) in [5.41, 5.74) is 5.51. The lowest BCUT2D eigenvalue weighted by Crippen LogP contribution is -2.67. The van der Waals surface area contributed by atoms with Crippen LogP contribution in [0.15, 0.2) is 60.7 Å². The molecule has 4 nitrogen and oxygen atoms in total. The van der Waals surface area contributed by atoms with Gasteiger partial charge in [0.2, 0.25) is 0 Å². The number of aryl methyl sites for hydroxylation is 2. The zero-order chi connectivity index (χ0) is 35.9. The first kappa shape index (κ1) is 35.5. The number of rotatable bonds is 6. The SMILES string of the molecule is C=C(C)[C@@H]1CC[C@]2(COC(=O)c3ccc(C)cc3)CC[C@]3(C)[C@H](CC[C@@H]4[C@@]5(C)CC[C@H](OC(=O)c6ccc(C)cc6)C(C)(C)[C@@H]5CC[C@]43C)[C@@H]12. The van der Waals surface area contributed by atoms with Crippen LogP contribution < -0.4 is 0 Å². The number of hydrogen-bond acceptors (Lipinski definition) is 4. The Bertz CT molecular complexity index is 1640. The first-order chi connectivity index (χ1) is 23.6. The molecule has 2 aromatic rings. The van der Waals surface area contributed by atoms with Crippen molar-refractivity contribution in [3.8, 4) is 0 Å². The molecule has 5 saturated carbocycles. The van der Waals surface area contributed by atoms with Crippen molar-refractivity contribution in [1.82, 2.24) is 0 Å². The number of carbonyl (C=O) groups excluding carboxylic acids is 2. The van der Waals surface area contributed by atoms with Crippen molar-refractivity contribution in [1.29, 1.82) is 0 Å². The van der Waals surface area contributed by atoms with Gasteiger partial charge in [-0.25, -0.2) is 9.59 Å². The molecule has 0 unspecified atom stereocenters. The van der Waals surface area contributed by atoms with Crippen LogP contribution in [-0.4, -0.2) is 24.6 Å². The van der Waals surface area contributed by atoms with Crippen LogP contribution in [0.25, 0.3) is 0 Å². The number of ether oxygens (including phenoxy) is 2. The van der Waals surface area contributed by atoms with Crippen LogP contribution in [0.3, 0.4) is 0 Å². The Morgan fingerprint density at radius 1 is 0.700 bits per heavy atom. The van der Waals surface area contributed by atoms with Crippen LogP contribution in [0.1, 0.15) is 138 Å². The Morgan fingerprint density at radius 3 is 1.94 bits per heavy atom. The van der Waals surface area contributed by atoms with E-state index in [1.54, 1.807) is 0 Å². The monoisotopic (exact) mass is 678 g/mol.